The third kappa shape index (κ3) is 5.12. The van der Waals surface area contributed by atoms with Crippen molar-refractivity contribution in [2.24, 2.45) is 0 Å². The second kappa shape index (κ2) is 9.58. The number of hydrogen-bond donors (Lipinski definition) is 1. The third-order valence-electron chi connectivity index (χ3n) is 4.17. The Hall–Kier alpha value is -2.76. The molecule has 1 N–H and O–H groups in total. The number of methoxy groups -OCH3 is 2. The minimum Gasteiger partial charge on any atom is -0.497 e. The predicted octanol–water partition coefficient (Wildman–Crippen LogP) is 4.68. The summed E-state index contributed by atoms with van der Waals surface area (Å²) < 4.78 is 42.7. The summed E-state index contributed by atoms with van der Waals surface area (Å²) in [6.07, 6.45) is 1.21. The highest BCUT2D eigenvalue weighted by Gasteiger charge is 2.33. The van der Waals surface area contributed by atoms with Gasteiger partial charge in [0.25, 0.3) is 0 Å². The highest BCUT2D eigenvalue weighted by atomic mass is 79.9. The Balaban J connectivity index is 1.92. The molecule has 0 aliphatic heterocycles. The van der Waals surface area contributed by atoms with Crippen LogP contribution in [-0.2, 0) is 16.6 Å². The number of benzene rings is 2. The van der Waals surface area contributed by atoms with Crippen LogP contribution in [0.15, 0.2) is 57.7 Å². The maximum absolute atomic E-state index is 13.1. The highest BCUT2D eigenvalue weighted by molar-refractivity contribution is 9.10. The molecule has 0 fully saturated rings. The van der Waals surface area contributed by atoms with Crippen LogP contribution >= 0.6 is 27.5 Å². The van der Waals surface area contributed by atoms with E-state index in [1.54, 1.807) is 24.3 Å². The van der Waals surface area contributed by atoms with Gasteiger partial charge in [0.2, 0.25) is 0 Å². The van der Waals surface area contributed by atoms with E-state index in [4.69, 9.17) is 25.6 Å². The summed E-state index contributed by atoms with van der Waals surface area (Å²) in [6.45, 7) is -0.162. The second-order valence-electron chi connectivity index (χ2n) is 6.10. The van der Waals surface area contributed by atoms with Gasteiger partial charge in [-0.25, -0.2) is 4.31 Å². The van der Waals surface area contributed by atoms with E-state index in [1.165, 1.54) is 38.7 Å². The van der Waals surface area contributed by atoms with Gasteiger partial charge in [-0.15, -0.1) is 0 Å². The van der Waals surface area contributed by atoms with Gasteiger partial charge in [-0.3, -0.25) is 4.79 Å². The first-order chi connectivity index (χ1) is 14.8. The minimum atomic E-state index is -4.56. The van der Waals surface area contributed by atoms with E-state index in [1.807, 2.05) is 0 Å². The Morgan fingerprint density at radius 1 is 1.19 bits per heavy atom. The van der Waals surface area contributed by atoms with Gasteiger partial charge in [-0.2, -0.15) is 8.42 Å². The summed E-state index contributed by atoms with van der Waals surface area (Å²) in [6, 6.07) is 10.9. The Kier molecular flexibility index (Phi) is 7.08. The normalized spacial score (nSPS) is 11.1. The monoisotopic (exact) mass is 529 g/mol. The van der Waals surface area contributed by atoms with Crippen molar-refractivity contribution in [1.82, 2.24) is 5.16 Å². The Labute approximate surface area is 192 Å². The zero-order chi connectivity index (χ0) is 22.6. The van der Waals surface area contributed by atoms with E-state index >= 15 is 0 Å². The number of carbonyl (C=O) groups excluding carboxylic acids is 1. The number of rotatable bonds is 7. The number of halogens is 2. The standard InChI is InChI=1S/C19H17BrClN3O6S/c1-28-13-5-3-12(4-6-13)11-24(18-7-8-30-23-18)31(26,27)19(25)22-16-10-15(21)14(20)9-17(16)29-2/h3-10H,11H2,1-2H3,(H,22,25). The molecule has 0 unspecified atom stereocenters. The van der Waals surface area contributed by atoms with Crippen LogP contribution in [0.5, 0.6) is 11.5 Å². The summed E-state index contributed by atoms with van der Waals surface area (Å²) in [5.41, 5.74) is 0.693. The fourth-order valence-electron chi connectivity index (χ4n) is 2.59. The summed E-state index contributed by atoms with van der Waals surface area (Å²) in [5, 5.41) is 4.99. The molecule has 3 rings (SSSR count). The summed E-state index contributed by atoms with van der Waals surface area (Å²) in [7, 11) is -1.66. The lowest BCUT2D eigenvalue weighted by molar-refractivity contribution is 0.267. The predicted molar refractivity (Wildman–Crippen MR) is 119 cm³/mol. The molecule has 3 aromatic rings. The van der Waals surface area contributed by atoms with Crippen LogP contribution in [0.4, 0.5) is 16.3 Å². The first-order valence-electron chi connectivity index (χ1n) is 8.66. The number of anilines is 2. The molecule has 0 radical (unpaired) electrons. The van der Waals surface area contributed by atoms with Crippen molar-refractivity contribution in [2.75, 3.05) is 23.8 Å². The van der Waals surface area contributed by atoms with Crippen LogP contribution in [0, 0.1) is 0 Å². The molecule has 2 aromatic carbocycles. The molecule has 0 aliphatic rings. The van der Waals surface area contributed by atoms with Gasteiger partial charge < -0.3 is 19.3 Å². The van der Waals surface area contributed by atoms with Crippen LogP contribution in [0.1, 0.15) is 5.56 Å². The topological polar surface area (TPSA) is 111 Å². The minimum absolute atomic E-state index is 0.0493. The summed E-state index contributed by atoms with van der Waals surface area (Å²) in [4.78, 5) is 12.8. The number of hydrogen-bond acceptors (Lipinski definition) is 7. The zero-order valence-corrected chi connectivity index (χ0v) is 19.5. The van der Waals surface area contributed by atoms with Gasteiger partial charge in [-0.1, -0.05) is 28.9 Å². The average Bonchev–Trinajstić information content (AvgIpc) is 3.29. The van der Waals surface area contributed by atoms with Gasteiger partial charge in [0, 0.05) is 10.5 Å². The maximum Gasteiger partial charge on any atom is 0.361 e. The van der Waals surface area contributed by atoms with E-state index in [0.717, 1.165) is 4.31 Å². The number of amides is 1. The fraction of sp³-hybridized carbons (Fsp3) is 0.158. The van der Waals surface area contributed by atoms with Crippen LogP contribution in [0.25, 0.3) is 0 Å². The molecule has 1 heterocycles. The van der Waals surface area contributed by atoms with E-state index in [2.05, 4.69) is 26.4 Å². The highest BCUT2D eigenvalue weighted by Crippen LogP contribution is 2.35. The van der Waals surface area contributed by atoms with Gasteiger partial charge in [0.05, 0.1) is 31.5 Å². The number of sulfonamides is 1. The SMILES string of the molecule is COc1ccc(CN(c2ccon2)S(=O)(=O)C(=O)Nc2cc(Cl)c(Br)cc2OC)cc1. The number of nitrogens with one attached hydrogen (secondary N) is 1. The molecule has 1 amide bonds. The fourth-order valence-corrected chi connectivity index (χ4v) is 4.17. The van der Waals surface area contributed by atoms with Gasteiger partial charge >= 0.3 is 15.3 Å². The molecule has 31 heavy (non-hydrogen) atoms. The number of aromatic nitrogens is 1. The van der Waals surface area contributed by atoms with Crippen molar-refractivity contribution in [3.05, 3.63) is 63.8 Å². The Morgan fingerprint density at radius 3 is 2.48 bits per heavy atom. The number of ether oxygens (including phenoxy) is 2. The largest absolute Gasteiger partial charge is 0.497 e. The molecular formula is C19H17BrClN3O6S. The van der Waals surface area contributed by atoms with Crippen molar-refractivity contribution in [3.8, 4) is 11.5 Å². The van der Waals surface area contributed by atoms with Crippen molar-refractivity contribution in [1.29, 1.82) is 0 Å². The molecule has 0 bridgehead atoms. The van der Waals surface area contributed by atoms with E-state index < -0.39 is 15.3 Å². The Bertz CT molecular complexity index is 1170. The smallest absolute Gasteiger partial charge is 0.361 e. The van der Waals surface area contributed by atoms with Crippen molar-refractivity contribution < 1.29 is 27.2 Å². The molecule has 9 nitrogen and oxygen atoms in total. The number of nitrogens with zero attached hydrogens (tertiary/aromatic N) is 2. The first kappa shape index (κ1) is 22.9. The van der Waals surface area contributed by atoms with Crippen LogP contribution in [0.2, 0.25) is 5.02 Å². The van der Waals surface area contributed by atoms with Gasteiger partial charge in [0.15, 0.2) is 5.82 Å². The third-order valence-corrected chi connectivity index (χ3v) is 6.83. The van der Waals surface area contributed by atoms with Crippen LogP contribution in [0.3, 0.4) is 0 Å². The number of carbonyl (C=O) groups is 1. The molecule has 0 atom stereocenters. The molecule has 1 aromatic heterocycles. The van der Waals surface area contributed by atoms with Gasteiger partial charge in [0.1, 0.15) is 17.8 Å². The lowest BCUT2D eigenvalue weighted by Crippen LogP contribution is -2.38. The van der Waals surface area contributed by atoms with Crippen LogP contribution in [-0.4, -0.2) is 33.0 Å². The van der Waals surface area contributed by atoms with Gasteiger partial charge in [-0.05, 0) is 45.8 Å². The van der Waals surface area contributed by atoms with E-state index in [-0.39, 0.29) is 28.8 Å². The lowest BCUT2D eigenvalue weighted by atomic mass is 10.2. The van der Waals surface area contributed by atoms with Crippen molar-refractivity contribution in [3.63, 3.8) is 0 Å². The van der Waals surface area contributed by atoms with E-state index in [0.29, 0.717) is 15.8 Å². The lowest BCUT2D eigenvalue weighted by Gasteiger charge is -2.21. The molecule has 0 saturated heterocycles. The molecule has 0 saturated carbocycles. The molecule has 0 spiro atoms. The molecular weight excluding hydrogens is 514 g/mol. The second-order valence-corrected chi connectivity index (χ2v) is 9.12. The average molecular weight is 531 g/mol. The van der Waals surface area contributed by atoms with Crippen molar-refractivity contribution in [2.45, 2.75) is 6.54 Å². The zero-order valence-electron chi connectivity index (χ0n) is 16.3. The maximum atomic E-state index is 13.1. The molecule has 164 valence electrons. The van der Waals surface area contributed by atoms with Crippen LogP contribution < -0.4 is 19.1 Å². The molecule has 0 aliphatic carbocycles. The van der Waals surface area contributed by atoms with E-state index in [9.17, 15) is 13.2 Å². The Morgan fingerprint density at radius 2 is 1.90 bits per heavy atom. The summed E-state index contributed by atoms with van der Waals surface area (Å²) in [5.74, 6) is 0.784. The molecule has 12 heteroatoms. The quantitative estimate of drug-likeness (QED) is 0.472. The summed E-state index contributed by atoms with van der Waals surface area (Å²) >= 11 is 9.31. The first-order valence-corrected chi connectivity index (χ1v) is 11.3. The van der Waals surface area contributed by atoms with Crippen molar-refractivity contribution >= 4 is 54.3 Å².